The first-order valence-electron chi connectivity index (χ1n) is 23.9. The van der Waals surface area contributed by atoms with Gasteiger partial charge in [0, 0.05) is 39.7 Å². The molecule has 0 unspecified atom stereocenters. The number of benzene rings is 7. The fraction of sp³-hybridized carbons (Fsp3) is 0.262. The van der Waals surface area contributed by atoms with Crippen molar-refractivity contribution in [1.82, 2.24) is 15.0 Å². The molecule has 6 heteroatoms. The van der Waals surface area contributed by atoms with Crippen molar-refractivity contribution in [2.45, 2.75) is 105 Å². The van der Waals surface area contributed by atoms with Gasteiger partial charge in [-0.2, -0.15) is 0 Å². The van der Waals surface area contributed by atoms with E-state index in [1.807, 2.05) is 0 Å². The number of hydrogen-bond donors (Lipinski definition) is 0. The molecule has 2 aliphatic rings. The Kier molecular flexibility index (Phi) is 10.5. The van der Waals surface area contributed by atoms with Crippen LogP contribution >= 0.6 is 0 Å². The van der Waals surface area contributed by atoms with Crippen LogP contribution in [-0.2, 0) is 21.7 Å². The Balaban J connectivity index is 1.38. The monoisotopic (exact) mass is 876 g/mol. The minimum atomic E-state index is -0.108. The Bertz CT molecular complexity index is 2910. The molecule has 0 N–H and O–H groups in total. The average Bonchev–Trinajstić information content (AvgIpc) is 3.30. The van der Waals surface area contributed by atoms with E-state index in [1.165, 1.54) is 60.9 Å². The van der Waals surface area contributed by atoms with Crippen molar-refractivity contribution in [3.63, 3.8) is 0 Å². The number of rotatable bonds is 5. The van der Waals surface area contributed by atoms with Gasteiger partial charge >= 0.3 is 0 Å². The number of anilines is 6. The lowest BCUT2D eigenvalue weighted by molar-refractivity contribution is 0.568. The molecule has 8 aromatic rings. The Labute approximate surface area is 399 Å². The zero-order chi connectivity index (χ0) is 47.2. The molecule has 2 aliphatic heterocycles. The number of hydrogen-bond acceptors (Lipinski definition) is 5. The van der Waals surface area contributed by atoms with Crippen LogP contribution in [0.3, 0.4) is 0 Å². The summed E-state index contributed by atoms with van der Waals surface area (Å²) in [6.45, 7) is 27.8. The third-order valence-electron chi connectivity index (χ3n) is 13.8. The molecule has 0 bridgehead atoms. The molecule has 3 heterocycles. The van der Waals surface area contributed by atoms with E-state index in [9.17, 15) is 0 Å². The molecule has 334 valence electrons. The van der Waals surface area contributed by atoms with Crippen molar-refractivity contribution in [3.8, 4) is 33.6 Å². The highest BCUT2D eigenvalue weighted by Gasteiger charge is 2.45. The van der Waals surface area contributed by atoms with Crippen LogP contribution in [0.2, 0.25) is 0 Å². The van der Waals surface area contributed by atoms with E-state index in [1.54, 1.807) is 12.7 Å². The Morgan fingerprint density at radius 2 is 0.731 bits per heavy atom. The first-order valence-corrected chi connectivity index (χ1v) is 23.9. The van der Waals surface area contributed by atoms with Gasteiger partial charge in [-0.25, -0.2) is 15.0 Å². The van der Waals surface area contributed by atoms with Gasteiger partial charge in [-0.3, -0.25) is 0 Å². The fourth-order valence-electron chi connectivity index (χ4n) is 9.91. The van der Waals surface area contributed by atoms with Crippen LogP contribution in [0.1, 0.15) is 105 Å². The highest BCUT2D eigenvalue weighted by atomic mass is 15.2. The Hall–Kier alpha value is -6.79. The van der Waals surface area contributed by atoms with Gasteiger partial charge in [-0.15, -0.1) is 0 Å². The maximum atomic E-state index is 4.81. The van der Waals surface area contributed by atoms with Crippen molar-refractivity contribution in [2.24, 2.45) is 0 Å². The van der Waals surface area contributed by atoms with Crippen LogP contribution in [0.25, 0.3) is 33.6 Å². The lowest BCUT2D eigenvalue weighted by Crippen LogP contribution is -2.61. The molecule has 0 saturated heterocycles. The second-order valence-corrected chi connectivity index (χ2v) is 22.8. The van der Waals surface area contributed by atoms with Crippen LogP contribution in [0.15, 0.2) is 158 Å². The van der Waals surface area contributed by atoms with Gasteiger partial charge in [0.05, 0.1) is 0 Å². The smallest absolute Gasteiger partial charge is 0.252 e. The second-order valence-electron chi connectivity index (χ2n) is 22.8. The summed E-state index contributed by atoms with van der Waals surface area (Å²) in [5, 5.41) is 0. The van der Waals surface area contributed by atoms with Gasteiger partial charge < -0.3 is 9.80 Å². The van der Waals surface area contributed by atoms with Crippen molar-refractivity contribution >= 4 is 57.2 Å². The minimum Gasteiger partial charge on any atom is -0.311 e. The van der Waals surface area contributed by atoms with Crippen LogP contribution < -0.4 is 26.2 Å². The third-order valence-corrected chi connectivity index (χ3v) is 13.8. The van der Waals surface area contributed by atoms with E-state index >= 15 is 0 Å². The normalized spacial score (nSPS) is 13.6. The number of fused-ring (bicyclic) bond motifs is 4. The standard InChI is InChI=1S/C61H62BN5/c1-58(2,3)44-31-45(59(4,5)6)34-48(33-44)66-52-25-23-41(39-19-15-13-16-20-39)27-50(52)62-51-28-42(40-21-17-14-18-22-40)24-26-53(51)67(49-35-46(60(7,8)9)32-47(36-49)61(10,11)12)55-30-43(29-54(66)56(55)62)57-64-37-63-38-65-57/h13-38H,1-12H3. The molecule has 0 aliphatic carbocycles. The van der Waals surface area contributed by atoms with Gasteiger partial charge in [0.15, 0.2) is 5.82 Å². The average molecular weight is 876 g/mol. The predicted octanol–water partition coefficient (Wildman–Crippen LogP) is 14.1. The topological polar surface area (TPSA) is 45.2 Å². The summed E-state index contributed by atoms with van der Waals surface area (Å²) in [4.78, 5) is 19.0. The summed E-state index contributed by atoms with van der Waals surface area (Å²) in [5.74, 6) is 0.638. The molecular formula is C61H62BN5. The van der Waals surface area contributed by atoms with Gasteiger partial charge in [0.1, 0.15) is 12.7 Å². The van der Waals surface area contributed by atoms with E-state index in [2.05, 4.69) is 243 Å². The van der Waals surface area contributed by atoms with Gasteiger partial charge in [0.2, 0.25) is 0 Å². The summed E-state index contributed by atoms with van der Waals surface area (Å²) >= 11 is 0. The maximum absolute atomic E-state index is 4.81. The molecule has 0 atom stereocenters. The lowest BCUT2D eigenvalue weighted by atomic mass is 9.33. The first-order chi connectivity index (χ1) is 31.7. The Morgan fingerprint density at radius 3 is 1.09 bits per heavy atom. The molecular weight excluding hydrogens is 814 g/mol. The van der Waals surface area contributed by atoms with Crippen LogP contribution in [0, 0.1) is 0 Å². The molecule has 0 fully saturated rings. The van der Waals surface area contributed by atoms with E-state index in [0.717, 1.165) is 39.7 Å². The van der Waals surface area contributed by atoms with Crippen molar-refractivity contribution in [1.29, 1.82) is 0 Å². The van der Waals surface area contributed by atoms with Gasteiger partial charge in [-0.1, -0.05) is 180 Å². The van der Waals surface area contributed by atoms with E-state index in [0.29, 0.717) is 5.82 Å². The molecule has 67 heavy (non-hydrogen) atoms. The van der Waals surface area contributed by atoms with Crippen LogP contribution in [-0.4, -0.2) is 21.7 Å². The summed E-state index contributed by atoms with van der Waals surface area (Å²) < 4.78 is 0. The molecule has 1 aromatic heterocycles. The van der Waals surface area contributed by atoms with Gasteiger partial charge in [0.25, 0.3) is 6.71 Å². The number of aromatic nitrogens is 3. The first kappa shape index (κ1) is 44.1. The van der Waals surface area contributed by atoms with E-state index < -0.39 is 0 Å². The molecule has 7 aromatic carbocycles. The molecule has 5 nitrogen and oxygen atoms in total. The SMILES string of the molecule is CC(C)(C)c1cc(N2c3ccc(-c4ccccc4)cc3B3c4cc(-c5ccccc5)ccc4N(c4cc(C(C)(C)C)cc(C(C)(C)C)c4)c4cc(-c5ncncn5)cc2c43)cc(C(C)(C)C)c1. The summed E-state index contributed by atoms with van der Waals surface area (Å²) in [6, 6.07) is 55.2. The van der Waals surface area contributed by atoms with Crippen molar-refractivity contribution < 1.29 is 0 Å². The van der Waals surface area contributed by atoms with Crippen LogP contribution in [0.4, 0.5) is 34.1 Å². The fourth-order valence-corrected chi connectivity index (χ4v) is 9.91. The van der Waals surface area contributed by atoms with E-state index in [4.69, 9.17) is 9.97 Å². The van der Waals surface area contributed by atoms with E-state index in [-0.39, 0.29) is 28.4 Å². The molecule has 0 amide bonds. The zero-order valence-electron chi connectivity index (χ0n) is 41.3. The molecule has 0 spiro atoms. The third kappa shape index (κ3) is 8.05. The Morgan fingerprint density at radius 1 is 0.358 bits per heavy atom. The maximum Gasteiger partial charge on any atom is 0.252 e. The van der Waals surface area contributed by atoms with Crippen molar-refractivity contribution in [3.05, 3.63) is 181 Å². The number of nitrogens with zero attached hydrogens (tertiary/aromatic N) is 5. The van der Waals surface area contributed by atoms with Gasteiger partial charge in [-0.05, 0) is 131 Å². The molecule has 0 radical (unpaired) electrons. The largest absolute Gasteiger partial charge is 0.311 e. The van der Waals surface area contributed by atoms with Crippen molar-refractivity contribution in [2.75, 3.05) is 9.80 Å². The zero-order valence-corrected chi connectivity index (χ0v) is 41.3. The predicted molar refractivity (Wildman–Crippen MR) is 285 cm³/mol. The van der Waals surface area contributed by atoms with Crippen LogP contribution in [0.5, 0.6) is 0 Å². The lowest BCUT2D eigenvalue weighted by Gasteiger charge is -2.45. The minimum absolute atomic E-state index is 0.0904. The molecule has 0 saturated carbocycles. The highest BCUT2D eigenvalue weighted by Crippen LogP contribution is 2.49. The second kappa shape index (κ2) is 15.9. The quantitative estimate of drug-likeness (QED) is 0.161. The summed E-state index contributed by atoms with van der Waals surface area (Å²) in [6.07, 6.45) is 3.22. The summed E-state index contributed by atoms with van der Waals surface area (Å²) in [5.41, 5.74) is 21.2. The highest BCUT2D eigenvalue weighted by molar-refractivity contribution is 7.00. The molecule has 10 rings (SSSR count). The summed E-state index contributed by atoms with van der Waals surface area (Å²) in [7, 11) is 0.